The number of fused-ring (bicyclic) bond motifs is 1. The molecule has 10 nitrogen and oxygen atoms in total. The van der Waals surface area contributed by atoms with E-state index in [0.29, 0.717) is 10.0 Å². The summed E-state index contributed by atoms with van der Waals surface area (Å²) in [4.78, 5) is 29.9. The van der Waals surface area contributed by atoms with Crippen LogP contribution >= 0.6 is 11.3 Å². The number of rotatable bonds is 5. The topological polar surface area (TPSA) is 172 Å². The Kier molecular flexibility index (Phi) is 7.43. The van der Waals surface area contributed by atoms with Crippen LogP contribution in [0.2, 0.25) is 0 Å². The second-order valence-corrected chi connectivity index (χ2v) is 6.94. The highest BCUT2D eigenvalue weighted by Gasteiger charge is 2.13. The molecule has 0 atom stereocenters. The number of hydrogen-bond donors (Lipinski definition) is 5. The van der Waals surface area contributed by atoms with E-state index in [-0.39, 0.29) is 12.5 Å². The van der Waals surface area contributed by atoms with Gasteiger partial charge in [0.25, 0.3) is 5.91 Å². The number of aromatic nitrogens is 3. The second-order valence-electron chi connectivity index (χ2n) is 5.88. The first-order chi connectivity index (χ1) is 13.8. The van der Waals surface area contributed by atoms with E-state index in [1.54, 1.807) is 13.1 Å². The number of nitrogens with zero attached hydrogens (tertiary/aromatic N) is 3. The van der Waals surface area contributed by atoms with Gasteiger partial charge in [-0.2, -0.15) is 5.10 Å². The average molecular weight is 415 g/mol. The summed E-state index contributed by atoms with van der Waals surface area (Å²) in [5, 5.41) is 19.1. The van der Waals surface area contributed by atoms with Gasteiger partial charge in [0, 0.05) is 11.6 Å². The quantitative estimate of drug-likeness (QED) is 0.397. The summed E-state index contributed by atoms with van der Waals surface area (Å²) < 4.78 is 0. The number of carbonyl (C=O) groups excluding carboxylic acids is 1. The van der Waals surface area contributed by atoms with Crippen LogP contribution in [0, 0.1) is 6.92 Å². The van der Waals surface area contributed by atoms with Crippen LogP contribution in [0.1, 0.15) is 22.2 Å². The van der Waals surface area contributed by atoms with Crippen LogP contribution in [0.4, 0.5) is 10.8 Å². The highest BCUT2D eigenvalue weighted by Crippen LogP contribution is 2.26. The molecule has 2 heterocycles. The van der Waals surface area contributed by atoms with Crippen LogP contribution in [0.25, 0.3) is 10.9 Å². The van der Waals surface area contributed by atoms with Crippen molar-refractivity contribution < 1.29 is 14.7 Å². The number of aryl methyl sites for hydroxylation is 1. The van der Waals surface area contributed by atoms with Crippen molar-refractivity contribution >= 4 is 51.1 Å². The predicted molar refractivity (Wildman–Crippen MR) is 114 cm³/mol. The van der Waals surface area contributed by atoms with Gasteiger partial charge in [-0.05, 0) is 37.3 Å². The summed E-state index contributed by atoms with van der Waals surface area (Å²) in [6.45, 7) is 3.47. The standard InChI is InChI=1S/C12H11N5OS.C6H10N2O2/c1-6-2-3-8-7(4-15-17-8)10(6)16-11(18)9-5-14-12(13)19-9;1-5(2-7)3-8-4-6(9)10/h2-5H,1H3,(H2,13,14)(H,15,17)(H,16,18);2-3H,4,7H2,1H3,(H,9,10)/b;5-2-,8-3?. The fourth-order valence-electron chi connectivity index (χ4n) is 2.17. The number of aliphatic imine (C=N–C) groups is 1. The van der Waals surface area contributed by atoms with E-state index in [4.69, 9.17) is 16.6 Å². The highest BCUT2D eigenvalue weighted by atomic mass is 32.1. The number of carboxylic acid groups (broad SMARTS) is 1. The van der Waals surface area contributed by atoms with Gasteiger partial charge in [0.15, 0.2) is 5.13 Å². The Bertz CT molecular complexity index is 1070. The third-order valence-corrected chi connectivity index (χ3v) is 4.43. The Morgan fingerprint density at radius 3 is 2.76 bits per heavy atom. The zero-order chi connectivity index (χ0) is 21.4. The summed E-state index contributed by atoms with van der Waals surface area (Å²) in [5.41, 5.74) is 14.0. The second kappa shape index (κ2) is 9.99. The number of nitrogens with two attached hydrogens (primary N) is 2. The van der Waals surface area contributed by atoms with Crippen LogP contribution in [0.5, 0.6) is 0 Å². The van der Waals surface area contributed by atoms with E-state index in [0.717, 1.165) is 39.1 Å². The number of nitrogens with one attached hydrogen (secondary N) is 2. The van der Waals surface area contributed by atoms with Crippen molar-refractivity contribution in [2.24, 2.45) is 10.7 Å². The van der Waals surface area contributed by atoms with E-state index in [9.17, 15) is 9.59 Å². The number of benzene rings is 1. The van der Waals surface area contributed by atoms with Crippen molar-refractivity contribution in [2.75, 3.05) is 17.6 Å². The maximum absolute atomic E-state index is 12.1. The van der Waals surface area contributed by atoms with Gasteiger partial charge in [0.2, 0.25) is 0 Å². The van der Waals surface area contributed by atoms with Gasteiger partial charge >= 0.3 is 5.97 Å². The van der Waals surface area contributed by atoms with Crippen molar-refractivity contribution in [3.63, 3.8) is 0 Å². The van der Waals surface area contributed by atoms with E-state index in [2.05, 4.69) is 25.5 Å². The predicted octanol–water partition coefficient (Wildman–Crippen LogP) is 2.17. The molecule has 2 aromatic heterocycles. The first-order valence-corrected chi connectivity index (χ1v) is 9.19. The molecule has 0 saturated carbocycles. The minimum absolute atomic E-state index is 0.203. The Morgan fingerprint density at radius 1 is 1.38 bits per heavy atom. The number of H-pyrrole nitrogens is 1. The molecule has 3 aromatic rings. The van der Waals surface area contributed by atoms with Crippen LogP contribution in [0.3, 0.4) is 0 Å². The third-order valence-electron chi connectivity index (χ3n) is 3.60. The maximum atomic E-state index is 12.1. The number of hydrogen-bond acceptors (Lipinski definition) is 8. The Balaban J connectivity index is 0.000000257. The zero-order valence-electron chi connectivity index (χ0n) is 15.8. The van der Waals surface area contributed by atoms with Gasteiger partial charge in [0.05, 0.1) is 23.6 Å². The molecule has 0 aliphatic heterocycles. The molecule has 3 rings (SSSR count). The van der Waals surface area contributed by atoms with E-state index >= 15 is 0 Å². The van der Waals surface area contributed by atoms with Crippen LogP contribution in [-0.4, -0.2) is 44.9 Å². The van der Waals surface area contributed by atoms with Gasteiger partial charge in [-0.1, -0.05) is 17.4 Å². The molecule has 0 bridgehead atoms. The lowest BCUT2D eigenvalue weighted by Gasteiger charge is -2.08. The SMILES string of the molecule is C/C(C=NCC(=O)O)=C/N.Cc1ccc2[nH]ncc2c1NC(=O)c1cnc(N)s1. The smallest absolute Gasteiger partial charge is 0.325 e. The number of thiazole rings is 1. The molecule has 1 amide bonds. The van der Waals surface area contributed by atoms with Crippen LogP contribution < -0.4 is 16.8 Å². The Morgan fingerprint density at radius 2 is 2.14 bits per heavy atom. The first kappa shape index (κ1) is 21.6. The zero-order valence-corrected chi connectivity index (χ0v) is 16.7. The van der Waals surface area contributed by atoms with Gasteiger partial charge < -0.3 is 21.9 Å². The van der Waals surface area contributed by atoms with Crippen molar-refractivity contribution in [3.05, 3.63) is 46.7 Å². The number of allylic oxidation sites excluding steroid dienone is 1. The number of anilines is 2. The minimum atomic E-state index is -0.943. The van der Waals surface area contributed by atoms with Crippen molar-refractivity contribution in [1.82, 2.24) is 15.2 Å². The molecule has 0 fully saturated rings. The molecule has 0 spiro atoms. The van der Waals surface area contributed by atoms with E-state index in [1.165, 1.54) is 18.6 Å². The van der Waals surface area contributed by atoms with Gasteiger partial charge in [-0.25, -0.2) is 4.98 Å². The Hall–Kier alpha value is -3.73. The molecular formula is C18H21N7O3S. The first-order valence-electron chi connectivity index (χ1n) is 8.37. The molecule has 0 aliphatic rings. The lowest BCUT2D eigenvalue weighted by molar-refractivity contribution is -0.135. The number of aliphatic carboxylic acids is 1. The molecule has 29 heavy (non-hydrogen) atoms. The van der Waals surface area contributed by atoms with Crippen molar-refractivity contribution in [1.29, 1.82) is 0 Å². The van der Waals surface area contributed by atoms with Crippen LogP contribution in [-0.2, 0) is 4.79 Å². The largest absolute Gasteiger partial charge is 0.480 e. The molecule has 7 N–H and O–H groups in total. The van der Waals surface area contributed by atoms with Gasteiger partial charge in [-0.15, -0.1) is 0 Å². The van der Waals surface area contributed by atoms with Gasteiger partial charge in [0.1, 0.15) is 11.4 Å². The average Bonchev–Trinajstić information content (AvgIpc) is 3.33. The van der Waals surface area contributed by atoms with E-state index in [1.807, 2.05) is 19.1 Å². The number of carbonyl (C=O) groups is 2. The molecule has 0 saturated heterocycles. The molecule has 1 aromatic carbocycles. The monoisotopic (exact) mass is 415 g/mol. The van der Waals surface area contributed by atoms with Crippen molar-refractivity contribution in [2.45, 2.75) is 13.8 Å². The Labute approximate surface area is 170 Å². The number of aromatic amines is 1. The number of amides is 1. The summed E-state index contributed by atoms with van der Waals surface area (Å²) in [6.07, 6.45) is 5.96. The molecule has 0 unspecified atom stereocenters. The lowest BCUT2D eigenvalue weighted by Crippen LogP contribution is -2.11. The molecule has 0 radical (unpaired) electrons. The summed E-state index contributed by atoms with van der Waals surface area (Å²) in [7, 11) is 0. The molecule has 11 heteroatoms. The highest BCUT2D eigenvalue weighted by molar-refractivity contribution is 7.17. The van der Waals surface area contributed by atoms with Crippen LogP contribution in [0.15, 0.2) is 41.3 Å². The summed E-state index contributed by atoms with van der Waals surface area (Å²) >= 11 is 1.16. The summed E-state index contributed by atoms with van der Waals surface area (Å²) in [5.74, 6) is -1.16. The minimum Gasteiger partial charge on any atom is -0.480 e. The summed E-state index contributed by atoms with van der Waals surface area (Å²) in [6, 6.07) is 3.86. The third kappa shape index (κ3) is 6.14. The maximum Gasteiger partial charge on any atom is 0.325 e. The number of nitrogen functional groups attached to an aromatic ring is 1. The van der Waals surface area contributed by atoms with Gasteiger partial charge in [-0.3, -0.25) is 19.7 Å². The lowest BCUT2D eigenvalue weighted by atomic mass is 10.1. The fourth-order valence-corrected chi connectivity index (χ4v) is 2.75. The molecular weight excluding hydrogens is 394 g/mol. The van der Waals surface area contributed by atoms with Crippen molar-refractivity contribution in [3.8, 4) is 0 Å². The number of carboxylic acids is 1. The fraction of sp³-hybridized carbons (Fsp3) is 0.167. The molecule has 0 aliphatic carbocycles. The molecule has 152 valence electrons. The normalized spacial score (nSPS) is 11.3. The van der Waals surface area contributed by atoms with E-state index < -0.39 is 5.97 Å².